The smallest absolute Gasteiger partial charge is 0.218 e. The van der Waals surface area contributed by atoms with Gasteiger partial charge in [0.2, 0.25) is 10.0 Å². The third-order valence-electron chi connectivity index (χ3n) is 5.44. The van der Waals surface area contributed by atoms with Crippen LogP contribution in [0.2, 0.25) is 0 Å². The van der Waals surface area contributed by atoms with Crippen molar-refractivity contribution in [2.45, 2.75) is 18.6 Å². The summed E-state index contributed by atoms with van der Waals surface area (Å²) in [6.07, 6.45) is 1.90. The maximum atomic E-state index is 13.8. The second kappa shape index (κ2) is 7.07. The molecule has 2 fully saturated rings. The van der Waals surface area contributed by atoms with Crippen LogP contribution in [0.5, 0.6) is 0 Å². The molecule has 2 saturated heterocycles. The molecular weight excluding hydrogens is 331 g/mol. The maximum absolute atomic E-state index is 13.8. The zero-order valence-corrected chi connectivity index (χ0v) is 14.8. The van der Waals surface area contributed by atoms with Gasteiger partial charge < -0.3 is 10.1 Å². The summed E-state index contributed by atoms with van der Waals surface area (Å²) in [5.74, 6) is -0.557. The number of hydrogen-bond acceptors (Lipinski definition) is 4. The van der Waals surface area contributed by atoms with E-state index in [1.165, 1.54) is 12.1 Å². The predicted octanol–water partition coefficient (Wildman–Crippen LogP) is 1.60. The quantitative estimate of drug-likeness (QED) is 0.871. The molecule has 0 aromatic heterocycles. The van der Waals surface area contributed by atoms with Crippen LogP contribution >= 0.6 is 0 Å². The average molecular weight is 356 g/mol. The third kappa shape index (κ3) is 3.49. The molecule has 0 amide bonds. The van der Waals surface area contributed by atoms with E-state index < -0.39 is 15.8 Å². The number of halogens is 1. The van der Waals surface area contributed by atoms with Gasteiger partial charge in [-0.3, -0.25) is 0 Å². The van der Waals surface area contributed by atoms with Crippen LogP contribution in [-0.2, 0) is 20.5 Å². The molecule has 1 aromatic rings. The standard InChI is InChI=1S/C17H25FN2O3S/c1-23-11-15-10-20(13-17(15)6-8-19-9-7-17)24(21,22)12-14-4-2-3-5-16(14)18/h2-5,15,19H,6-13H2,1H3. The van der Waals surface area contributed by atoms with E-state index in [4.69, 9.17) is 4.74 Å². The molecule has 2 heterocycles. The van der Waals surface area contributed by atoms with E-state index in [2.05, 4.69) is 5.32 Å². The fourth-order valence-electron chi connectivity index (χ4n) is 4.02. The molecule has 0 bridgehead atoms. The van der Waals surface area contributed by atoms with Gasteiger partial charge >= 0.3 is 0 Å². The minimum atomic E-state index is -3.54. The Morgan fingerprint density at radius 3 is 2.71 bits per heavy atom. The molecule has 7 heteroatoms. The van der Waals surface area contributed by atoms with Crippen molar-refractivity contribution < 1.29 is 17.5 Å². The maximum Gasteiger partial charge on any atom is 0.218 e. The van der Waals surface area contributed by atoms with Gasteiger partial charge in [0.25, 0.3) is 0 Å². The molecule has 1 aromatic carbocycles. The number of nitrogens with one attached hydrogen (secondary N) is 1. The Hall–Kier alpha value is -1.02. The number of ether oxygens (including phenoxy) is 1. The molecule has 2 aliphatic heterocycles. The van der Waals surface area contributed by atoms with E-state index in [9.17, 15) is 12.8 Å². The van der Waals surface area contributed by atoms with Gasteiger partial charge in [0.1, 0.15) is 5.82 Å². The summed E-state index contributed by atoms with van der Waals surface area (Å²) in [5, 5.41) is 3.34. The third-order valence-corrected chi connectivity index (χ3v) is 7.18. The molecule has 1 atom stereocenters. The average Bonchev–Trinajstić information content (AvgIpc) is 2.90. The summed E-state index contributed by atoms with van der Waals surface area (Å²) < 4.78 is 46.4. The van der Waals surface area contributed by atoms with Crippen LogP contribution in [-0.4, -0.2) is 52.6 Å². The fraction of sp³-hybridized carbons (Fsp3) is 0.647. The summed E-state index contributed by atoms with van der Waals surface area (Å²) in [6.45, 7) is 3.35. The molecule has 0 saturated carbocycles. The highest BCUT2D eigenvalue weighted by Gasteiger charge is 2.49. The molecule has 3 rings (SSSR count). The minimum absolute atomic E-state index is 0.0242. The second-order valence-corrected chi connectivity index (χ2v) is 8.87. The van der Waals surface area contributed by atoms with Gasteiger partial charge in [-0.25, -0.2) is 17.1 Å². The van der Waals surface area contributed by atoms with Crippen LogP contribution in [0.25, 0.3) is 0 Å². The Kier molecular flexibility index (Phi) is 5.24. The van der Waals surface area contributed by atoms with Gasteiger partial charge in [0, 0.05) is 31.7 Å². The Morgan fingerprint density at radius 2 is 2.04 bits per heavy atom. The number of nitrogens with zero attached hydrogens (tertiary/aromatic N) is 1. The highest BCUT2D eigenvalue weighted by atomic mass is 32.2. The lowest BCUT2D eigenvalue weighted by Crippen LogP contribution is -2.43. The van der Waals surface area contributed by atoms with E-state index in [-0.39, 0.29) is 22.6 Å². The van der Waals surface area contributed by atoms with Gasteiger partial charge in [-0.15, -0.1) is 0 Å². The van der Waals surface area contributed by atoms with Crippen molar-refractivity contribution in [3.8, 4) is 0 Å². The van der Waals surface area contributed by atoms with Crippen molar-refractivity contribution in [3.63, 3.8) is 0 Å². The van der Waals surface area contributed by atoms with Crippen LogP contribution in [0.4, 0.5) is 4.39 Å². The van der Waals surface area contributed by atoms with E-state index in [0.717, 1.165) is 25.9 Å². The molecule has 2 aliphatic rings. The van der Waals surface area contributed by atoms with Crippen molar-refractivity contribution in [1.29, 1.82) is 0 Å². The first-order valence-corrected chi connectivity index (χ1v) is 9.99. The highest BCUT2D eigenvalue weighted by molar-refractivity contribution is 7.88. The van der Waals surface area contributed by atoms with Crippen LogP contribution < -0.4 is 5.32 Å². The summed E-state index contributed by atoms with van der Waals surface area (Å²) in [5.41, 5.74) is 0.205. The topological polar surface area (TPSA) is 58.6 Å². The largest absolute Gasteiger partial charge is 0.384 e. The molecule has 134 valence electrons. The monoisotopic (exact) mass is 356 g/mol. The van der Waals surface area contributed by atoms with Crippen molar-refractivity contribution in [3.05, 3.63) is 35.6 Å². The molecule has 1 unspecified atom stereocenters. The van der Waals surface area contributed by atoms with Crippen LogP contribution in [0.15, 0.2) is 24.3 Å². The first-order valence-electron chi connectivity index (χ1n) is 8.38. The molecule has 0 aliphatic carbocycles. The molecule has 24 heavy (non-hydrogen) atoms. The van der Waals surface area contributed by atoms with Crippen molar-refractivity contribution >= 4 is 10.0 Å². The summed E-state index contributed by atoms with van der Waals surface area (Å²) >= 11 is 0. The second-order valence-electron chi connectivity index (χ2n) is 6.90. The lowest BCUT2D eigenvalue weighted by Gasteiger charge is -2.38. The minimum Gasteiger partial charge on any atom is -0.384 e. The molecule has 1 spiro atoms. The van der Waals surface area contributed by atoms with E-state index in [1.54, 1.807) is 23.5 Å². The van der Waals surface area contributed by atoms with Crippen molar-refractivity contribution in [2.75, 3.05) is 39.9 Å². The molecule has 1 N–H and O–H groups in total. The number of piperidine rings is 1. The van der Waals surface area contributed by atoms with Crippen LogP contribution in [0.1, 0.15) is 18.4 Å². The lowest BCUT2D eigenvalue weighted by atomic mass is 9.71. The Morgan fingerprint density at radius 1 is 1.33 bits per heavy atom. The number of benzene rings is 1. The van der Waals surface area contributed by atoms with Gasteiger partial charge in [-0.1, -0.05) is 18.2 Å². The molecule has 0 radical (unpaired) electrons. The van der Waals surface area contributed by atoms with Crippen molar-refractivity contribution in [2.24, 2.45) is 11.3 Å². The van der Waals surface area contributed by atoms with E-state index >= 15 is 0 Å². The Labute approximate surface area is 143 Å². The summed E-state index contributed by atoms with van der Waals surface area (Å²) in [6, 6.07) is 6.08. The number of sulfonamides is 1. The fourth-order valence-corrected chi connectivity index (χ4v) is 5.69. The SMILES string of the molecule is COCC1CN(S(=O)(=O)Cc2ccccc2F)CC12CCNCC2. The zero-order chi connectivity index (χ0) is 17.2. The first kappa shape index (κ1) is 17.8. The summed E-state index contributed by atoms with van der Waals surface area (Å²) in [7, 11) is -1.89. The van der Waals surface area contributed by atoms with Gasteiger partial charge in [0.05, 0.1) is 12.4 Å². The Bertz CT molecular complexity index is 674. The van der Waals surface area contributed by atoms with Gasteiger partial charge in [-0.2, -0.15) is 0 Å². The first-order chi connectivity index (χ1) is 11.5. The van der Waals surface area contributed by atoms with Crippen molar-refractivity contribution in [1.82, 2.24) is 9.62 Å². The van der Waals surface area contributed by atoms with Crippen LogP contribution in [0.3, 0.4) is 0 Å². The highest BCUT2D eigenvalue weighted by Crippen LogP contribution is 2.44. The van der Waals surface area contributed by atoms with Crippen LogP contribution in [0, 0.1) is 17.2 Å². The Balaban J connectivity index is 1.80. The van der Waals surface area contributed by atoms with E-state index in [0.29, 0.717) is 19.7 Å². The number of hydrogen-bond donors (Lipinski definition) is 1. The molecule has 5 nitrogen and oxygen atoms in total. The van der Waals surface area contributed by atoms with E-state index in [1.807, 2.05) is 0 Å². The normalized spacial score (nSPS) is 24.5. The van der Waals surface area contributed by atoms with Gasteiger partial charge in [0.15, 0.2) is 0 Å². The summed E-state index contributed by atoms with van der Waals surface area (Å²) in [4.78, 5) is 0. The van der Waals surface area contributed by atoms with Gasteiger partial charge in [-0.05, 0) is 37.4 Å². The zero-order valence-electron chi connectivity index (χ0n) is 14.0. The molecular formula is C17H25FN2O3S. The number of rotatable bonds is 5. The predicted molar refractivity (Wildman–Crippen MR) is 90.5 cm³/mol. The lowest BCUT2D eigenvalue weighted by molar-refractivity contribution is 0.0718. The number of methoxy groups -OCH3 is 1.